The third kappa shape index (κ3) is 4.15. The highest BCUT2D eigenvalue weighted by atomic mass is 16.7. The minimum absolute atomic E-state index is 0.000457. The number of benzene rings is 2. The van der Waals surface area contributed by atoms with Gasteiger partial charge in [-0.1, -0.05) is 30.3 Å². The Morgan fingerprint density at radius 3 is 2.61 bits per heavy atom. The van der Waals surface area contributed by atoms with E-state index >= 15 is 0 Å². The molecule has 6 rings (SSSR count). The van der Waals surface area contributed by atoms with Gasteiger partial charge >= 0.3 is 0 Å². The Morgan fingerprint density at radius 1 is 0.917 bits per heavy atom. The smallest absolute Gasteiger partial charge is 0.270 e. The van der Waals surface area contributed by atoms with Crippen LogP contribution in [0.2, 0.25) is 0 Å². The molecule has 8 nitrogen and oxygen atoms in total. The second-order valence-corrected chi connectivity index (χ2v) is 9.40. The van der Waals surface area contributed by atoms with E-state index in [0.29, 0.717) is 42.3 Å². The lowest BCUT2D eigenvalue weighted by molar-refractivity contribution is -0.130. The van der Waals surface area contributed by atoms with Crippen molar-refractivity contribution in [3.8, 4) is 11.5 Å². The Kier molecular flexibility index (Phi) is 5.56. The summed E-state index contributed by atoms with van der Waals surface area (Å²) < 4.78 is 12.7. The van der Waals surface area contributed by atoms with Gasteiger partial charge in [-0.3, -0.25) is 14.4 Å². The summed E-state index contributed by atoms with van der Waals surface area (Å²) in [4.78, 5) is 41.0. The van der Waals surface area contributed by atoms with Crippen LogP contribution >= 0.6 is 0 Å². The highest BCUT2D eigenvalue weighted by molar-refractivity contribution is 6.05. The Morgan fingerprint density at radius 2 is 1.75 bits per heavy atom. The summed E-state index contributed by atoms with van der Waals surface area (Å²) in [6.45, 7) is 1.75. The van der Waals surface area contributed by atoms with Crippen molar-refractivity contribution in [1.82, 2.24) is 14.8 Å². The number of fused-ring (bicyclic) bond motifs is 5. The van der Waals surface area contributed by atoms with Crippen molar-refractivity contribution in [3.05, 3.63) is 99.6 Å². The standard InChI is InChI=1S/C28H25N3O5/c32-26-8-4-7-23-21-11-19(15-31(23)26)14-30(16-21)28(34)22(29-27(33)20-5-2-1-3-6-20)12-18-9-10-24-25(13-18)36-17-35-24/h1-10,12-13,19,21H,11,14-17H2,(H,29,33)/t19-,21-/m0/s1. The molecule has 0 radical (unpaired) electrons. The van der Waals surface area contributed by atoms with Crippen molar-refractivity contribution in [2.45, 2.75) is 18.9 Å². The van der Waals surface area contributed by atoms with E-state index < -0.39 is 0 Å². The van der Waals surface area contributed by atoms with Crippen LogP contribution in [-0.2, 0) is 11.3 Å². The third-order valence-electron chi connectivity index (χ3n) is 6.99. The van der Waals surface area contributed by atoms with Gasteiger partial charge in [-0.25, -0.2) is 0 Å². The number of hydrogen-bond donors (Lipinski definition) is 1. The van der Waals surface area contributed by atoms with Gasteiger partial charge in [0.15, 0.2) is 11.5 Å². The molecule has 2 bridgehead atoms. The summed E-state index contributed by atoms with van der Waals surface area (Å²) in [5.74, 6) is 0.887. The highest BCUT2D eigenvalue weighted by Gasteiger charge is 2.37. The van der Waals surface area contributed by atoms with Gasteiger partial charge in [0, 0.05) is 42.9 Å². The molecule has 2 atom stereocenters. The molecule has 1 aromatic heterocycles. The quantitative estimate of drug-likeness (QED) is 0.577. The monoisotopic (exact) mass is 483 g/mol. The zero-order chi connectivity index (χ0) is 24.6. The Bertz CT molecular complexity index is 1430. The van der Waals surface area contributed by atoms with Crippen molar-refractivity contribution in [2.75, 3.05) is 19.9 Å². The largest absolute Gasteiger partial charge is 0.454 e. The summed E-state index contributed by atoms with van der Waals surface area (Å²) in [5, 5.41) is 2.84. The van der Waals surface area contributed by atoms with E-state index in [0.717, 1.165) is 12.1 Å². The van der Waals surface area contributed by atoms with Crippen LogP contribution in [0.1, 0.15) is 34.0 Å². The van der Waals surface area contributed by atoms with Gasteiger partial charge in [0.25, 0.3) is 17.4 Å². The zero-order valence-electron chi connectivity index (χ0n) is 19.6. The van der Waals surface area contributed by atoms with E-state index in [1.807, 2.05) is 22.8 Å². The number of piperidine rings is 1. The molecule has 3 aromatic rings. The van der Waals surface area contributed by atoms with E-state index in [4.69, 9.17) is 9.47 Å². The number of aromatic nitrogens is 1. The van der Waals surface area contributed by atoms with Gasteiger partial charge in [0.1, 0.15) is 5.70 Å². The van der Waals surface area contributed by atoms with E-state index in [1.54, 1.807) is 59.5 Å². The topological polar surface area (TPSA) is 89.9 Å². The molecule has 2 aromatic carbocycles. The third-order valence-corrected chi connectivity index (χ3v) is 6.99. The predicted molar refractivity (Wildman–Crippen MR) is 133 cm³/mol. The molecule has 3 aliphatic rings. The number of likely N-dealkylation sites (tertiary alicyclic amines) is 1. The Labute approximate surface area is 207 Å². The maximum Gasteiger partial charge on any atom is 0.270 e. The highest BCUT2D eigenvalue weighted by Crippen LogP contribution is 2.36. The second-order valence-electron chi connectivity index (χ2n) is 9.40. The van der Waals surface area contributed by atoms with Gasteiger partial charge in [0.05, 0.1) is 0 Å². The van der Waals surface area contributed by atoms with Gasteiger partial charge < -0.3 is 24.3 Å². The molecule has 0 spiro atoms. The molecular formula is C28H25N3O5. The van der Waals surface area contributed by atoms with E-state index in [2.05, 4.69) is 5.32 Å². The van der Waals surface area contributed by atoms with Crippen LogP contribution in [0, 0.1) is 5.92 Å². The van der Waals surface area contributed by atoms with Crippen LogP contribution in [-0.4, -0.2) is 41.2 Å². The number of carbonyl (C=O) groups is 2. The predicted octanol–water partition coefficient (Wildman–Crippen LogP) is 2.99. The van der Waals surface area contributed by atoms with Crippen LogP contribution in [0.4, 0.5) is 0 Å². The lowest BCUT2D eigenvalue weighted by atomic mass is 9.83. The van der Waals surface area contributed by atoms with E-state index in [9.17, 15) is 14.4 Å². The summed E-state index contributed by atoms with van der Waals surface area (Å²) in [6.07, 6.45) is 2.61. The molecule has 36 heavy (non-hydrogen) atoms. The number of ether oxygens (including phenoxy) is 2. The number of amides is 2. The summed E-state index contributed by atoms with van der Waals surface area (Å²) in [5.41, 5.74) is 2.33. The number of hydrogen-bond acceptors (Lipinski definition) is 5. The van der Waals surface area contributed by atoms with E-state index in [1.165, 1.54) is 0 Å². The Hall–Kier alpha value is -4.33. The van der Waals surface area contributed by atoms with Crippen LogP contribution in [0.15, 0.2) is 77.2 Å². The maximum absolute atomic E-state index is 13.8. The molecule has 1 saturated heterocycles. The summed E-state index contributed by atoms with van der Waals surface area (Å²) >= 11 is 0. The molecule has 0 unspecified atom stereocenters. The number of nitrogens with one attached hydrogen (secondary N) is 1. The number of carbonyl (C=O) groups excluding carboxylic acids is 2. The van der Waals surface area contributed by atoms with Gasteiger partial charge in [0.2, 0.25) is 6.79 Å². The number of nitrogens with zero attached hydrogens (tertiary/aromatic N) is 2. The van der Waals surface area contributed by atoms with Crippen molar-refractivity contribution in [3.63, 3.8) is 0 Å². The zero-order valence-corrected chi connectivity index (χ0v) is 19.6. The summed E-state index contributed by atoms with van der Waals surface area (Å²) in [7, 11) is 0. The average molecular weight is 484 g/mol. The van der Waals surface area contributed by atoms with Crippen LogP contribution in [0.3, 0.4) is 0 Å². The summed E-state index contributed by atoms with van der Waals surface area (Å²) in [6, 6.07) is 19.5. The minimum atomic E-state index is -0.356. The molecule has 182 valence electrons. The van der Waals surface area contributed by atoms with Gasteiger partial charge in [-0.2, -0.15) is 0 Å². The van der Waals surface area contributed by atoms with Crippen molar-refractivity contribution in [2.24, 2.45) is 5.92 Å². The number of rotatable bonds is 4. The van der Waals surface area contributed by atoms with Crippen molar-refractivity contribution >= 4 is 17.9 Å². The first-order valence-corrected chi connectivity index (χ1v) is 12.0. The molecule has 3 aliphatic heterocycles. The normalized spacial score (nSPS) is 20.0. The fourth-order valence-corrected chi connectivity index (χ4v) is 5.34. The molecule has 8 heteroatoms. The molecule has 0 aliphatic carbocycles. The fourth-order valence-electron chi connectivity index (χ4n) is 5.34. The van der Waals surface area contributed by atoms with Crippen LogP contribution < -0.4 is 20.3 Å². The fraction of sp³-hybridized carbons (Fsp3) is 0.250. The first-order valence-electron chi connectivity index (χ1n) is 12.0. The second kappa shape index (κ2) is 9.03. The SMILES string of the molecule is O=C(NC(=Cc1ccc2c(c1)OCO2)C(=O)N1C[C@@H]2C[C@@H](C1)c1cccc(=O)n1C2)c1ccccc1. The first kappa shape index (κ1) is 22.2. The average Bonchev–Trinajstić information content (AvgIpc) is 3.37. The van der Waals surface area contributed by atoms with Gasteiger partial charge in [-0.05, 0) is 54.3 Å². The molecule has 0 saturated carbocycles. The molecule has 2 amide bonds. The van der Waals surface area contributed by atoms with E-state index in [-0.39, 0.29) is 41.7 Å². The van der Waals surface area contributed by atoms with Crippen molar-refractivity contribution in [1.29, 1.82) is 0 Å². The Balaban J connectivity index is 1.31. The lowest BCUT2D eigenvalue weighted by Gasteiger charge is -2.43. The first-order chi connectivity index (χ1) is 17.5. The minimum Gasteiger partial charge on any atom is -0.454 e. The van der Waals surface area contributed by atoms with Crippen LogP contribution in [0.5, 0.6) is 11.5 Å². The van der Waals surface area contributed by atoms with Crippen LogP contribution in [0.25, 0.3) is 6.08 Å². The molecule has 4 heterocycles. The maximum atomic E-state index is 13.8. The lowest BCUT2D eigenvalue weighted by Crippen LogP contribution is -2.50. The molecule has 1 fully saturated rings. The molecular weight excluding hydrogens is 458 g/mol. The molecule has 1 N–H and O–H groups in total. The number of pyridine rings is 1. The van der Waals surface area contributed by atoms with Crippen molar-refractivity contribution < 1.29 is 19.1 Å². The van der Waals surface area contributed by atoms with Gasteiger partial charge in [-0.15, -0.1) is 0 Å².